The minimum Gasteiger partial charge on any atom is -0.468 e. The average Bonchev–Trinajstić information content (AvgIpc) is 2.97. The number of methoxy groups -OCH3 is 1. The lowest BCUT2D eigenvalue weighted by Crippen LogP contribution is -2.36. The van der Waals surface area contributed by atoms with Gasteiger partial charge in [0.1, 0.15) is 6.04 Å². The monoisotopic (exact) mass is 251 g/mol. The number of carbonyl (C=O) groups excluding carboxylic acids is 1. The molecule has 0 spiro atoms. The predicted molar refractivity (Wildman–Crippen MR) is 68.1 cm³/mol. The van der Waals surface area contributed by atoms with E-state index in [1.165, 1.54) is 7.11 Å². The van der Waals surface area contributed by atoms with Crippen LogP contribution in [0, 0.1) is 0 Å². The van der Waals surface area contributed by atoms with E-state index in [2.05, 4.69) is 28.3 Å². The van der Waals surface area contributed by atoms with Crippen LogP contribution in [0.15, 0.2) is 12.5 Å². The normalized spacial score (nSPS) is 20.6. The fourth-order valence-corrected chi connectivity index (χ4v) is 2.55. The van der Waals surface area contributed by atoms with Crippen LogP contribution in [0.1, 0.15) is 38.4 Å². The lowest BCUT2D eigenvalue weighted by Gasteiger charge is -2.23. The van der Waals surface area contributed by atoms with Crippen LogP contribution in [0.4, 0.5) is 0 Å². The molecule has 5 nitrogen and oxygen atoms in total. The number of hydrogen-bond acceptors (Lipinski definition) is 4. The molecule has 1 unspecified atom stereocenters. The van der Waals surface area contributed by atoms with E-state index in [4.69, 9.17) is 4.74 Å². The summed E-state index contributed by atoms with van der Waals surface area (Å²) < 4.78 is 7.00. The van der Waals surface area contributed by atoms with E-state index in [1.54, 1.807) is 0 Å². The molecule has 18 heavy (non-hydrogen) atoms. The van der Waals surface area contributed by atoms with Crippen LogP contribution in [0.5, 0.6) is 0 Å². The topological polar surface area (TPSA) is 47.4 Å². The Balaban J connectivity index is 2.08. The summed E-state index contributed by atoms with van der Waals surface area (Å²) in [6.07, 6.45) is 5.67. The van der Waals surface area contributed by atoms with Gasteiger partial charge in [-0.05, 0) is 33.2 Å². The van der Waals surface area contributed by atoms with Crippen molar-refractivity contribution in [3.8, 4) is 0 Å². The van der Waals surface area contributed by atoms with Crippen LogP contribution < -0.4 is 0 Å². The molecule has 1 saturated heterocycles. The largest absolute Gasteiger partial charge is 0.468 e. The lowest BCUT2D eigenvalue weighted by molar-refractivity contribution is -0.146. The average molecular weight is 251 g/mol. The Hall–Kier alpha value is -1.36. The van der Waals surface area contributed by atoms with E-state index < -0.39 is 0 Å². The van der Waals surface area contributed by atoms with Gasteiger partial charge in [0.2, 0.25) is 0 Å². The molecule has 0 radical (unpaired) electrons. The predicted octanol–water partition coefficient (Wildman–Crippen LogP) is 1.60. The van der Waals surface area contributed by atoms with Crippen LogP contribution in [0.3, 0.4) is 0 Å². The first-order valence-corrected chi connectivity index (χ1v) is 6.46. The molecule has 0 aliphatic carbocycles. The molecule has 1 aromatic rings. The molecular weight excluding hydrogens is 230 g/mol. The van der Waals surface area contributed by atoms with Crippen LogP contribution >= 0.6 is 0 Å². The van der Waals surface area contributed by atoms with Crippen molar-refractivity contribution in [1.82, 2.24) is 14.5 Å². The number of rotatable bonds is 4. The summed E-state index contributed by atoms with van der Waals surface area (Å²) in [5, 5.41) is 0. The number of aromatic nitrogens is 2. The Bertz CT molecular complexity index is 414. The lowest BCUT2D eigenvalue weighted by atomic mass is 10.2. The van der Waals surface area contributed by atoms with Crippen LogP contribution in [-0.2, 0) is 16.1 Å². The molecule has 2 rings (SSSR count). The third kappa shape index (κ3) is 2.56. The first kappa shape index (κ1) is 13.1. The molecule has 1 atom stereocenters. The van der Waals surface area contributed by atoms with E-state index in [0.717, 1.165) is 31.6 Å². The zero-order valence-corrected chi connectivity index (χ0v) is 11.3. The molecule has 0 N–H and O–H groups in total. The minimum absolute atomic E-state index is 0.0921. The Kier molecular flexibility index (Phi) is 4.01. The third-order valence-electron chi connectivity index (χ3n) is 3.50. The summed E-state index contributed by atoms with van der Waals surface area (Å²) in [6.45, 7) is 5.97. The summed E-state index contributed by atoms with van der Waals surface area (Å²) in [7, 11) is 1.46. The molecule has 1 aliphatic heterocycles. The number of hydrogen-bond donors (Lipinski definition) is 0. The molecule has 1 aromatic heterocycles. The van der Waals surface area contributed by atoms with Gasteiger partial charge in [0.25, 0.3) is 0 Å². The van der Waals surface area contributed by atoms with Gasteiger partial charge in [0.05, 0.1) is 19.1 Å². The van der Waals surface area contributed by atoms with Gasteiger partial charge in [-0.25, -0.2) is 4.98 Å². The van der Waals surface area contributed by atoms with Crippen molar-refractivity contribution in [1.29, 1.82) is 0 Å². The number of esters is 1. The fraction of sp³-hybridized carbons (Fsp3) is 0.692. The summed E-state index contributed by atoms with van der Waals surface area (Å²) in [6, 6.07) is 0.298. The molecule has 1 aliphatic rings. The molecule has 2 heterocycles. The number of imidazole rings is 1. The maximum Gasteiger partial charge on any atom is 0.323 e. The van der Waals surface area contributed by atoms with Crippen molar-refractivity contribution in [3.63, 3.8) is 0 Å². The highest BCUT2D eigenvalue weighted by Crippen LogP contribution is 2.21. The number of likely N-dealkylation sites (tertiary alicyclic amines) is 1. The SMILES string of the molecule is COC(=O)C1CCCN1Cc1cncn1C(C)C. The van der Waals surface area contributed by atoms with E-state index in [-0.39, 0.29) is 12.0 Å². The molecule has 0 amide bonds. The van der Waals surface area contributed by atoms with Crippen molar-refractivity contribution in [2.24, 2.45) is 0 Å². The Morgan fingerprint density at radius 3 is 3.06 bits per heavy atom. The summed E-state index contributed by atoms with van der Waals surface area (Å²) in [4.78, 5) is 18.1. The molecule has 100 valence electrons. The van der Waals surface area contributed by atoms with Crippen molar-refractivity contribution < 1.29 is 9.53 Å². The summed E-state index contributed by atoms with van der Waals surface area (Å²) in [5.74, 6) is -0.122. The smallest absolute Gasteiger partial charge is 0.323 e. The molecule has 5 heteroatoms. The van der Waals surface area contributed by atoms with Gasteiger partial charge in [-0.3, -0.25) is 9.69 Å². The quantitative estimate of drug-likeness (QED) is 0.763. The second-order valence-electron chi connectivity index (χ2n) is 5.04. The van der Waals surface area contributed by atoms with Gasteiger partial charge in [-0.1, -0.05) is 0 Å². The highest BCUT2D eigenvalue weighted by Gasteiger charge is 2.31. The maximum atomic E-state index is 11.7. The van der Waals surface area contributed by atoms with Crippen molar-refractivity contribution in [2.45, 2.75) is 45.3 Å². The summed E-state index contributed by atoms with van der Waals surface area (Å²) in [5.41, 5.74) is 1.15. The second-order valence-corrected chi connectivity index (χ2v) is 5.04. The molecular formula is C13H21N3O2. The zero-order chi connectivity index (χ0) is 13.1. The van der Waals surface area contributed by atoms with E-state index >= 15 is 0 Å². The molecule has 1 fully saturated rings. The van der Waals surface area contributed by atoms with Gasteiger partial charge in [-0.2, -0.15) is 0 Å². The van der Waals surface area contributed by atoms with E-state index in [0.29, 0.717) is 6.04 Å². The van der Waals surface area contributed by atoms with Gasteiger partial charge >= 0.3 is 5.97 Å². The highest BCUT2D eigenvalue weighted by molar-refractivity contribution is 5.75. The van der Waals surface area contributed by atoms with Crippen LogP contribution in [0.25, 0.3) is 0 Å². The first-order chi connectivity index (χ1) is 8.63. The molecule has 0 aromatic carbocycles. The number of nitrogens with zero attached hydrogens (tertiary/aromatic N) is 3. The third-order valence-corrected chi connectivity index (χ3v) is 3.50. The molecule has 0 saturated carbocycles. The first-order valence-electron chi connectivity index (χ1n) is 6.46. The minimum atomic E-state index is -0.122. The Morgan fingerprint density at radius 1 is 1.61 bits per heavy atom. The summed E-state index contributed by atoms with van der Waals surface area (Å²) >= 11 is 0. The van der Waals surface area contributed by atoms with Crippen molar-refractivity contribution in [2.75, 3.05) is 13.7 Å². The van der Waals surface area contributed by atoms with Crippen LogP contribution in [-0.4, -0.2) is 40.1 Å². The van der Waals surface area contributed by atoms with Gasteiger partial charge in [0.15, 0.2) is 0 Å². The highest BCUT2D eigenvalue weighted by atomic mass is 16.5. The van der Waals surface area contributed by atoms with E-state index in [9.17, 15) is 4.79 Å². The second kappa shape index (κ2) is 5.52. The van der Waals surface area contributed by atoms with Gasteiger partial charge < -0.3 is 9.30 Å². The fourth-order valence-electron chi connectivity index (χ4n) is 2.55. The standard InChI is InChI=1S/C13H21N3O2/c1-10(2)16-9-14-7-11(16)8-15-6-4-5-12(15)13(17)18-3/h7,9-10,12H,4-6,8H2,1-3H3. The Morgan fingerprint density at radius 2 is 2.39 bits per heavy atom. The van der Waals surface area contributed by atoms with Crippen molar-refractivity contribution >= 4 is 5.97 Å². The molecule has 0 bridgehead atoms. The maximum absolute atomic E-state index is 11.7. The Labute approximate surface area is 108 Å². The van der Waals surface area contributed by atoms with E-state index in [1.807, 2.05) is 12.5 Å². The van der Waals surface area contributed by atoms with Gasteiger partial charge in [-0.15, -0.1) is 0 Å². The van der Waals surface area contributed by atoms with Crippen LogP contribution in [0.2, 0.25) is 0 Å². The number of ether oxygens (including phenoxy) is 1. The zero-order valence-electron chi connectivity index (χ0n) is 11.3. The van der Waals surface area contributed by atoms with Crippen molar-refractivity contribution in [3.05, 3.63) is 18.2 Å². The van der Waals surface area contributed by atoms with Gasteiger partial charge in [0, 0.05) is 18.8 Å². The number of carbonyl (C=O) groups is 1.